The summed E-state index contributed by atoms with van der Waals surface area (Å²) in [7, 11) is 0. The summed E-state index contributed by atoms with van der Waals surface area (Å²) in [6, 6.07) is -0.572. The molecule has 0 saturated heterocycles. The molecule has 0 unspecified atom stereocenters. The average Bonchev–Trinajstić information content (AvgIpc) is 3.22. The van der Waals surface area contributed by atoms with Crippen LogP contribution < -0.4 is 5.73 Å². The summed E-state index contributed by atoms with van der Waals surface area (Å²) in [6.07, 6.45) is 8.91. The van der Waals surface area contributed by atoms with Crippen LogP contribution in [-0.4, -0.2) is 50.7 Å². The zero-order valence-corrected chi connectivity index (χ0v) is 28.6. The van der Waals surface area contributed by atoms with Crippen molar-refractivity contribution in [2.75, 3.05) is 0 Å². The Kier molecular flexibility index (Phi) is 9.18. The topological polar surface area (TPSA) is 113 Å². The molecule has 0 bridgehead atoms. The van der Waals surface area contributed by atoms with E-state index in [1.165, 1.54) is 0 Å². The van der Waals surface area contributed by atoms with E-state index in [0.717, 1.165) is 51.4 Å². The van der Waals surface area contributed by atoms with Crippen LogP contribution in [0.2, 0.25) is 0 Å². The first-order chi connectivity index (χ1) is 19.1. The Balaban J connectivity index is 1.56. The number of aliphatic hydroxyl groups is 3. The predicted molar refractivity (Wildman–Crippen MR) is 168 cm³/mol. The van der Waals surface area contributed by atoms with Gasteiger partial charge in [0.05, 0.1) is 17.3 Å². The van der Waals surface area contributed by atoms with Gasteiger partial charge in [0.25, 0.3) is 0 Å². The zero-order valence-electron chi connectivity index (χ0n) is 28.6. The van der Waals surface area contributed by atoms with E-state index in [9.17, 15) is 20.1 Å². The Labute approximate surface area is 256 Å². The van der Waals surface area contributed by atoms with Gasteiger partial charge in [0.2, 0.25) is 0 Å². The highest BCUT2D eigenvalue weighted by atomic mass is 16.5. The standard InChI is InChI=1S/C36H65NO5/c1-22(2)20-24(37)30(39)42-28-14-17-33(7)26(32(28,5)6)13-19-34(8)27(33)21-25(38)29-23(12-18-35(29,34)9)36(10,41)16-11-15-31(3,4)40/h22-29,38,40-41H,11-21,37H2,1-10H3/t23-,24-,25+,26-,27+,28-,29-,33-,34+,35+,36+/m0/s1. The largest absolute Gasteiger partial charge is 0.461 e. The molecule has 4 aliphatic rings. The molecule has 4 rings (SSSR count). The quantitative estimate of drug-likeness (QED) is 0.224. The fourth-order valence-corrected chi connectivity index (χ4v) is 11.5. The fourth-order valence-electron chi connectivity index (χ4n) is 11.5. The van der Waals surface area contributed by atoms with E-state index < -0.39 is 23.3 Å². The summed E-state index contributed by atoms with van der Waals surface area (Å²) in [5, 5.41) is 34.0. The molecule has 0 aliphatic heterocycles. The van der Waals surface area contributed by atoms with E-state index in [-0.39, 0.29) is 45.6 Å². The van der Waals surface area contributed by atoms with Gasteiger partial charge in [0.1, 0.15) is 12.1 Å². The van der Waals surface area contributed by atoms with Crippen molar-refractivity contribution in [3.8, 4) is 0 Å². The monoisotopic (exact) mass is 591 g/mol. The van der Waals surface area contributed by atoms with Gasteiger partial charge in [-0.25, -0.2) is 0 Å². The van der Waals surface area contributed by atoms with Crippen molar-refractivity contribution in [2.45, 2.75) is 169 Å². The van der Waals surface area contributed by atoms with Crippen LogP contribution in [0.1, 0.15) is 140 Å². The number of rotatable bonds is 9. The third kappa shape index (κ3) is 5.73. The van der Waals surface area contributed by atoms with Gasteiger partial charge in [-0.1, -0.05) is 48.5 Å². The highest BCUT2D eigenvalue weighted by Gasteiger charge is 2.71. The third-order valence-electron chi connectivity index (χ3n) is 13.9. The molecular weight excluding hydrogens is 526 g/mol. The minimum atomic E-state index is -0.862. The van der Waals surface area contributed by atoms with E-state index in [1.807, 2.05) is 20.8 Å². The zero-order chi connectivity index (χ0) is 31.7. The number of hydrogen-bond acceptors (Lipinski definition) is 6. The molecule has 0 aromatic rings. The molecule has 0 spiro atoms. The molecule has 4 saturated carbocycles. The van der Waals surface area contributed by atoms with Gasteiger partial charge in [-0.15, -0.1) is 0 Å². The average molecular weight is 592 g/mol. The molecule has 5 N–H and O–H groups in total. The lowest BCUT2D eigenvalue weighted by atomic mass is 9.35. The number of nitrogens with two attached hydrogens (primary N) is 1. The van der Waals surface area contributed by atoms with Crippen LogP contribution in [-0.2, 0) is 9.53 Å². The lowest BCUT2D eigenvalue weighted by molar-refractivity contribution is -0.249. The van der Waals surface area contributed by atoms with Gasteiger partial charge in [0, 0.05) is 5.41 Å². The predicted octanol–water partition coefficient (Wildman–Crippen LogP) is 6.62. The maximum absolute atomic E-state index is 13.0. The molecule has 11 atom stereocenters. The highest BCUT2D eigenvalue weighted by molar-refractivity contribution is 5.75. The summed E-state index contributed by atoms with van der Waals surface area (Å²) in [6.45, 7) is 21.8. The summed E-state index contributed by atoms with van der Waals surface area (Å²) < 4.78 is 6.18. The molecule has 0 aromatic heterocycles. The molecule has 6 heteroatoms. The number of carbonyl (C=O) groups is 1. The van der Waals surface area contributed by atoms with E-state index >= 15 is 0 Å². The highest BCUT2D eigenvalue weighted by Crippen LogP contribution is 2.76. The van der Waals surface area contributed by atoms with Gasteiger partial charge < -0.3 is 25.8 Å². The van der Waals surface area contributed by atoms with E-state index in [0.29, 0.717) is 37.0 Å². The van der Waals surface area contributed by atoms with Gasteiger partial charge in [0.15, 0.2) is 0 Å². The Morgan fingerprint density at radius 1 is 0.929 bits per heavy atom. The third-order valence-corrected chi connectivity index (χ3v) is 13.9. The van der Waals surface area contributed by atoms with Crippen molar-refractivity contribution < 1.29 is 24.9 Å². The van der Waals surface area contributed by atoms with E-state index in [1.54, 1.807) is 0 Å². The second kappa shape index (κ2) is 11.3. The molecule has 4 fully saturated rings. The number of hydrogen-bond donors (Lipinski definition) is 4. The molecule has 0 radical (unpaired) electrons. The van der Waals surface area contributed by atoms with Crippen molar-refractivity contribution >= 4 is 5.97 Å². The van der Waals surface area contributed by atoms with E-state index in [4.69, 9.17) is 10.5 Å². The van der Waals surface area contributed by atoms with Crippen LogP contribution in [0.3, 0.4) is 0 Å². The number of fused-ring (bicyclic) bond motifs is 5. The Morgan fingerprint density at radius 2 is 1.55 bits per heavy atom. The van der Waals surface area contributed by atoms with Crippen LogP contribution >= 0.6 is 0 Å². The van der Waals surface area contributed by atoms with Gasteiger partial charge in [-0.2, -0.15) is 0 Å². The minimum Gasteiger partial charge on any atom is -0.461 e. The molecular formula is C36H65NO5. The summed E-state index contributed by atoms with van der Waals surface area (Å²) in [4.78, 5) is 13.0. The first-order valence-corrected chi connectivity index (χ1v) is 17.2. The van der Waals surface area contributed by atoms with Crippen molar-refractivity contribution in [2.24, 2.45) is 57.0 Å². The number of aliphatic hydroxyl groups excluding tert-OH is 1. The van der Waals surface area contributed by atoms with Crippen molar-refractivity contribution in [3.05, 3.63) is 0 Å². The second-order valence-electron chi connectivity index (χ2n) is 18.0. The molecule has 0 aromatic carbocycles. The van der Waals surface area contributed by atoms with Crippen LogP contribution in [0.15, 0.2) is 0 Å². The lowest BCUT2D eigenvalue weighted by Crippen LogP contribution is -2.66. The fraction of sp³-hybridized carbons (Fsp3) is 0.972. The first-order valence-electron chi connectivity index (χ1n) is 17.2. The summed E-state index contributed by atoms with van der Waals surface area (Å²) in [5.74, 6) is 0.985. The molecule has 4 aliphatic carbocycles. The van der Waals surface area contributed by atoms with Crippen LogP contribution in [0.4, 0.5) is 0 Å². The SMILES string of the molecule is CC(C)C[C@H](N)C(=O)O[C@H]1CC[C@]2(C)[C@H]3C[C@@H](O)[C@@H]4[C@@H]([C@](C)(O)CCCC(C)(C)O)CC[C@@]4(C)[C@]3(C)CC[C@H]2C1(C)C. The Morgan fingerprint density at radius 3 is 2.14 bits per heavy atom. The van der Waals surface area contributed by atoms with Crippen LogP contribution in [0.5, 0.6) is 0 Å². The van der Waals surface area contributed by atoms with E-state index in [2.05, 4.69) is 48.5 Å². The van der Waals surface area contributed by atoms with Crippen LogP contribution in [0.25, 0.3) is 0 Å². The van der Waals surface area contributed by atoms with Crippen molar-refractivity contribution in [1.82, 2.24) is 0 Å². The van der Waals surface area contributed by atoms with Crippen molar-refractivity contribution in [3.63, 3.8) is 0 Å². The smallest absolute Gasteiger partial charge is 0.323 e. The Bertz CT molecular complexity index is 986. The maximum Gasteiger partial charge on any atom is 0.323 e. The normalized spacial score (nSPS) is 43.6. The second-order valence-corrected chi connectivity index (χ2v) is 18.0. The summed E-state index contributed by atoms with van der Waals surface area (Å²) >= 11 is 0. The maximum atomic E-state index is 13.0. The molecule has 0 heterocycles. The molecule has 244 valence electrons. The van der Waals surface area contributed by atoms with Gasteiger partial charge in [-0.05, 0) is 137 Å². The lowest BCUT2D eigenvalue weighted by Gasteiger charge is -2.70. The first kappa shape index (κ1) is 34.2. The Hall–Kier alpha value is -0.690. The van der Waals surface area contributed by atoms with Crippen LogP contribution in [0, 0.1) is 51.2 Å². The minimum absolute atomic E-state index is 0.0434. The van der Waals surface area contributed by atoms with Gasteiger partial charge in [-0.3, -0.25) is 4.79 Å². The summed E-state index contributed by atoms with van der Waals surface area (Å²) in [5.41, 5.74) is 4.52. The van der Waals surface area contributed by atoms with Gasteiger partial charge >= 0.3 is 5.97 Å². The molecule has 6 nitrogen and oxygen atoms in total. The number of ether oxygens (including phenoxy) is 1. The number of carbonyl (C=O) groups excluding carboxylic acids is 1. The number of esters is 1. The molecule has 0 amide bonds. The van der Waals surface area contributed by atoms with Crippen molar-refractivity contribution in [1.29, 1.82) is 0 Å². The molecule has 42 heavy (non-hydrogen) atoms.